The van der Waals surface area contributed by atoms with E-state index in [4.69, 9.17) is 0 Å². The minimum Gasteiger partial charge on any atom is -0.259 e. The van der Waals surface area contributed by atoms with E-state index >= 15 is 0 Å². The Balaban J connectivity index is 3.20. The molecule has 13 heavy (non-hydrogen) atoms. The Morgan fingerprint density at radius 1 is 1.46 bits per heavy atom. The first-order chi connectivity index (χ1) is 5.93. The van der Waals surface area contributed by atoms with Gasteiger partial charge in [0.2, 0.25) is 0 Å². The Morgan fingerprint density at radius 3 is 2.46 bits per heavy atom. The largest absolute Gasteiger partial charge is 0.418 e. The lowest BCUT2D eigenvalue weighted by Crippen LogP contribution is -2.10. The van der Waals surface area contributed by atoms with Gasteiger partial charge in [-0.15, -0.1) is 0 Å². The van der Waals surface area contributed by atoms with Crippen molar-refractivity contribution < 1.29 is 13.2 Å². The van der Waals surface area contributed by atoms with Gasteiger partial charge < -0.3 is 0 Å². The maximum Gasteiger partial charge on any atom is 0.418 e. The molecular formula is C8H7BrF3N. The highest BCUT2D eigenvalue weighted by Crippen LogP contribution is 2.35. The Labute approximate surface area is 82.1 Å². The normalized spacial score (nSPS) is 14.2. The summed E-state index contributed by atoms with van der Waals surface area (Å²) >= 11 is 3.06. The molecule has 0 bridgehead atoms. The highest BCUT2D eigenvalue weighted by Gasteiger charge is 2.34. The van der Waals surface area contributed by atoms with Crippen molar-refractivity contribution in [2.75, 3.05) is 0 Å². The average Bonchev–Trinajstić information content (AvgIpc) is 2.03. The number of alkyl halides is 4. The molecule has 0 spiro atoms. The Hall–Kier alpha value is -0.580. The molecule has 0 aliphatic carbocycles. The van der Waals surface area contributed by atoms with Crippen LogP contribution in [0.2, 0.25) is 0 Å². The van der Waals surface area contributed by atoms with E-state index in [2.05, 4.69) is 20.9 Å². The predicted octanol–water partition coefficient (Wildman–Crippen LogP) is 3.56. The molecule has 1 heterocycles. The predicted molar refractivity (Wildman–Crippen MR) is 46.6 cm³/mol. The van der Waals surface area contributed by atoms with E-state index in [9.17, 15) is 13.2 Å². The van der Waals surface area contributed by atoms with Crippen molar-refractivity contribution in [2.24, 2.45) is 0 Å². The van der Waals surface area contributed by atoms with Gasteiger partial charge in [0.15, 0.2) is 0 Å². The van der Waals surface area contributed by atoms with Crippen molar-refractivity contribution in [3.63, 3.8) is 0 Å². The molecule has 1 atom stereocenters. The molecule has 0 fully saturated rings. The molecule has 0 aliphatic heterocycles. The van der Waals surface area contributed by atoms with Crippen molar-refractivity contribution in [3.8, 4) is 0 Å². The SMILES string of the molecule is CC(Br)c1ncccc1C(F)(F)F. The lowest BCUT2D eigenvalue weighted by atomic mass is 10.1. The number of rotatable bonds is 1. The zero-order chi connectivity index (χ0) is 10.1. The monoisotopic (exact) mass is 253 g/mol. The molecule has 1 nitrogen and oxygen atoms in total. The van der Waals surface area contributed by atoms with Gasteiger partial charge in [-0.25, -0.2) is 0 Å². The van der Waals surface area contributed by atoms with Crippen molar-refractivity contribution >= 4 is 15.9 Å². The smallest absolute Gasteiger partial charge is 0.259 e. The summed E-state index contributed by atoms with van der Waals surface area (Å²) in [7, 11) is 0. The summed E-state index contributed by atoms with van der Waals surface area (Å²) in [5, 5.41) is 0. The zero-order valence-electron chi connectivity index (χ0n) is 6.77. The summed E-state index contributed by atoms with van der Waals surface area (Å²) in [5.41, 5.74) is -0.658. The van der Waals surface area contributed by atoms with Crippen LogP contribution in [-0.4, -0.2) is 4.98 Å². The van der Waals surface area contributed by atoms with Crippen LogP contribution in [0.25, 0.3) is 0 Å². The van der Waals surface area contributed by atoms with Gasteiger partial charge >= 0.3 is 6.18 Å². The molecule has 0 aromatic carbocycles. The summed E-state index contributed by atoms with van der Waals surface area (Å²) in [6, 6.07) is 2.31. The maximum absolute atomic E-state index is 12.3. The van der Waals surface area contributed by atoms with Crippen LogP contribution in [0.3, 0.4) is 0 Å². The third-order valence-corrected chi connectivity index (χ3v) is 1.95. The minimum absolute atomic E-state index is 0.0231. The minimum atomic E-state index is -4.33. The summed E-state index contributed by atoms with van der Waals surface area (Å²) in [6.45, 7) is 1.61. The van der Waals surface area contributed by atoms with E-state index in [0.29, 0.717) is 0 Å². The lowest BCUT2D eigenvalue weighted by molar-refractivity contribution is -0.138. The molecule has 72 valence electrons. The topological polar surface area (TPSA) is 12.9 Å². The fourth-order valence-electron chi connectivity index (χ4n) is 0.974. The van der Waals surface area contributed by atoms with Crippen LogP contribution in [0, 0.1) is 0 Å². The number of hydrogen-bond donors (Lipinski definition) is 0. The van der Waals surface area contributed by atoms with Crippen molar-refractivity contribution in [1.29, 1.82) is 0 Å². The number of aromatic nitrogens is 1. The second-order valence-corrected chi connectivity index (χ2v) is 3.92. The molecule has 0 N–H and O–H groups in total. The Bertz CT molecular complexity index is 296. The van der Waals surface area contributed by atoms with E-state index in [-0.39, 0.29) is 5.69 Å². The molecule has 0 saturated heterocycles. The Morgan fingerprint density at radius 2 is 2.08 bits per heavy atom. The van der Waals surface area contributed by atoms with Crippen LogP contribution < -0.4 is 0 Å². The maximum atomic E-state index is 12.3. The first-order valence-electron chi connectivity index (χ1n) is 3.59. The second-order valence-electron chi connectivity index (χ2n) is 2.55. The first kappa shape index (κ1) is 10.5. The van der Waals surface area contributed by atoms with Crippen LogP contribution >= 0.6 is 15.9 Å². The standard InChI is InChI=1S/C8H7BrF3N/c1-5(9)7-6(8(10,11)12)3-2-4-13-7/h2-5H,1H3. The first-order valence-corrected chi connectivity index (χ1v) is 4.50. The van der Waals surface area contributed by atoms with E-state index in [1.807, 2.05) is 0 Å². The van der Waals surface area contributed by atoms with Crippen LogP contribution in [0.5, 0.6) is 0 Å². The average molecular weight is 254 g/mol. The second kappa shape index (κ2) is 3.65. The summed E-state index contributed by atoms with van der Waals surface area (Å²) in [5.74, 6) is 0. The zero-order valence-corrected chi connectivity index (χ0v) is 8.35. The quantitative estimate of drug-likeness (QED) is 0.698. The van der Waals surface area contributed by atoms with Gasteiger partial charge in [0.25, 0.3) is 0 Å². The van der Waals surface area contributed by atoms with Gasteiger partial charge in [0, 0.05) is 6.20 Å². The molecular weight excluding hydrogens is 247 g/mol. The Kier molecular flexibility index (Phi) is 2.95. The van der Waals surface area contributed by atoms with Crippen molar-refractivity contribution in [2.45, 2.75) is 17.9 Å². The lowest BCUT2D eigenvalue weighted by Gasteiger charge is -2.12. The molecule has 0 saturated carbocycles. The highest BCUT2D eigenvalue weighted by atomic mass is 79.9. The van der Waals surface area contributed by atoms with Gasteiger partial charge in [0.05, 0.1) is 16.1 Å². The van der Waals surface area contributed by atoms with Gasteiger partial charge in [-0.1, -0.05) is 15.9 Å². The van der Waals surface area contributed by atoms with Crippen LogP contribution in [0.4, 0.5) is 13.2 Å². The fraction of sp³-hybridized carbons (Fsp3) is 0.375. The van der Waals surface area contributed by atoms with Gasteiger partial charge in [-0.3, -0.25) is 4.98 Å². The van der Waals surface area contributed by atoms with Gasteiger partial charge in [-0.2, -0.15) is 13.2 Å². The number of halogens is 4. The fourth-order valence-corrected chi connectivity index (χ4v) is 1.34. The summed E-state index contributed by atoms with van der Waals surface area (Å²) in [4.78, 5) is 3.28. The van der Waals surface area contributed by atoms with Gasteiger partial charge in [-0.05, 0) is 19.1 Å². The van der Waals surface area contributed by atoms with Crippen molar-refractivity contribution in [1.82, 2.24) is 4.98 Å². The van der Waals surface area contributed by atoms with Crippen molar-refractivity contribution in [3.05, 3.63) is 29.6 Å². The van der Waals surface area contributed by atoms with E-state index < -0.39 is 16.6 Å². The third kappa shape index (κ3) is 2.43. The summed E-state index contributed by atoms with van der Waals surface area (Å²) in [6.07, 6.45) is -2.98. The third-order valence-electron chi connectivity index (χ3n) is 1.52. The molecule has 0 aliphatic rings. The summed E-state index contributed by atoms with van der Waals surface area (Å²) < 4.78 is 37.0. The number of hydrogen-bond acceptors (Lipinski definition) is 1. The van der Waals surface area contributed by atoms with E-state index in [1.165, 1.54) is 12.3 Å². The number of nitrogens with zero attached hydrogens (tertiary/aromatic N) is 1. The van der Waals surface area contributed by atoms with Crippen LogP contribution in [0.15, 0.2) is 18.3 Å². The van der Waals surface area contributed by atoms with Crippen LogP contribution in [-0.2, 0) is 6.18 Å². The molecule has 0 radical (unpaired) electrons. The van der Waals surface area contributed by atoms with Gasteiger partial charge in [0.1, 0.15) is 0 Å². The number of pyridine rings is 1. The molecule has 1 unspecified atom stereocenters. The highest BCUT2D eigenvalue weighted by molar-refractivity contribution is 9.09. The molecule has 1 aromatic rings. The molecule has 0 amide bonds. The van der Waals surface area contributed by atoms with E-state index in [1.54, 1.807) is 6.92 Å². The molecule has 1 aromatic heterocycles. The molecule has 5 heteroatoms. The van der Waals surface area contributed by atoms with E-state index in [0.717, 1.165) is 6.07 Å². The molecule has 1 rings (SSSR count). The van der Waals surface area contributed by atoms with Crippen LogP contribution in [0.1, 0.15) is 23.0 Å².